The van der Waals surface area contributed by atoms with E-state index in [-0.39, 0.29) is 26.2 Å². The van der Waals surface area contributed by atoms with Gasteiger partial charge in [0.05, 0.1) is 13.2 Å². The molecule has 6 nitrogen and oxygen atoms in total. The van der Waals surface area contributed by atoms with Crippen molar-refractivity contribution in [1.29, 1.82) is 0 Å². The fraction of sp³-hybridized carbons (Fsp3) is 0.611. The minimum Gasteiger partial charge on any atom is -0.464 e. The van der Waals surface area contributed by atoms with Gasteiger partial charge in [-0.2, -0.15) is 0 Å². The van der Waals surface area contributed by atoms with Gasteiger partial charge in [-0.25, -0.2) is 9.59 Å². The number of amides is 1. The van der Waals surface area contributed by atoms with Crippen molar-refractivity contribution in [2.75, 3.05) is 19.8 Å². The van der Waals surface area contributed by atoms with Crippen molar-refractivity contribution >= 4 is 17.8 Å². The highest BCUT2D eigenvalue weighted by Crippen LogP contribution is 2.26. The van der Waals surface area contributed by atoms with Gasteiger partial charge in [-0.15, -0.1) is 13.2 Å². The molecule has 0 heterocycles. The molecule has 0 unspecified atom stereocenters. The van der Waals surface area contributed by atoms with Gasteiger partial charge in [0.2, 0.25) is 11.4 Å². The quantitative estimate of drug-likeness (QED) is 0.236. The van der Waals surface area contributed by atoms with Crippen LogP contribution in [0.3, 0.4) is 0 Å². The Morgan fingerprint density at radius 1 is 1.00 bits per heavy atom. The molecule has 0 aromatic heterocycles. The molecule has 0 aromatic carbocycles. The van der Waals surface area contributed by atoms with Crippen LogP contribution in [0.1, 0.15) is 46.5 Å². The van der Waals surface area contributed by atoms with E-state index < -0.39 is 23.4 Å². The molecule has 0 saturated carbocycles. The van der Waals surface area contributed by atoms with Crippen molar-refractivity contribution in [2.45, 2.75) is 52.0 Å². The van der Waals surface area contributed by atoms with Gasteiger partial charge in [0.25, 0.3) is 0 Å². The molecular weight excluding hydrogens is 310 g/mol. The van der Waals surface area contributed by atoms with E-state index in [4.69, 9.17) is 9.47 Å². The maximum absolute atomic E-state index is 12.6. The molecule has 0 radical (unpaired) electrons. The van der Waals surface area contributed by atoms with Crippen LogP contribution in [0.25, 0.3) is 0 Å². The monoisotopic (exact) mass is 339 g/mol. The van der Waals surface area contributed by atoms with Crippen molar-refractivity contribution in [3.05, 3.63) is 25.3 Å². The third-order valence-corrected chi connectivity index (χ3v) is 3.55. The molecule has 6 heteroatoms. The number of rotatable bonds is 12. The average Bonchev–Trinajstić information content (AvgIpc) is 2.53. The fourth-order valence-electron chi connectivity index (χ4n) is 2.47. The minimum absolute atomic E-state index is 0.0638. The summed E-state index contributed by atoms with van der Waals surface area (Å²) in [6.07, 6.45) is 5.36. The van der Waals surface area contributed by atoms with Crippen molar-refractivity contribution in [2.24, 2.45) is 0 Å². The molecule has 0 N–H and O–H groups in total. The highest BCUT2D eigenvalue weighted by molar-refractivity contribution is 6.07. The lowest BCUT2D eigenvalue weighted by Gasteiger charge is -2.38. The van der Waals surface area contributed by atoms with Gasteiger partial charge in [-0.05, 0) is 33.1 Å². The molecule has 0 aromatic rings. The van der Waals surface area contributed by atoms with Gasteiger partial charge in [0, 0.05) is 19.9 Å². The van der Waals surface area contributed by atoms with E-state index in [2.05, 4.69) is 13.2 Å². The Kier molecular flexibility index (Phi) is 10.4. The van der Waals surface area contributed by atoms with Crippen LogP contribution in [0.4, 0.5) is 0 Å². The Bertz CT molecular complexity index is 440. The summed E-state index contributed by atoms with van der Waals surface area (Å²) >= 11 is 0. The number of esters is 2. The Hall–Kier alpha value is -2.11. The second-order valence-corrected chi connectivity index (χ2v) is 5.25. The van der Waals surface area contributed by atoms with Gasteiger partial charge in [0.1, 0.15) is 0 Å². The van der Waals surface area contributed by atoms with Crippen LogP contribution in [0.2, 0.25) is 0 Å². The van der Waals surface area contributed by atoms with Crippen molar-refractivity contribution in [3.63, 3.8) is 0 Å². The van der Waals surface area contributed by atoms with Gasteiger partial charge in [0.15, 0.2) is 0 Å². The predicted molar refractivity (Wildman–Crippen MR) is 92.2 cm³/mol. The largest absolute Gasteiger partial charge is 0.464 e. The molecule has 0 aliphatic carbocycles. The highest BCUT2D eigenvalue weighted by Gasteiger charge is 2.54. The zero-order valence-corrected chi connectivity index (χ0v) is 15.0. The summed E-state index contributed by atoms with van der Waals surface area (Å²) in [5, 5.41) is 0. The van der Waals surface area contributed by atoms with E-state index in [1.165, 1.54) is 17.9 Å². The number of ether oxygens (including phenoxy) is 2. The van der Waals surface area contributed by atoms with Gasteiger partial charge in [-0.3, -0.25) is 4.79 Å². The topological polar surface area (TPSA) is 72.9 Å². The van der Waals surface area contributed by atoms with Gasteiger partial charge >= 0.3 is 11.9 Å². The van der Waals surface area contributed by atoms with Crippen LogP contribution in [-0.4, -0.2) is 48.0 Å². The number of allylic oxidation sites excluding steroid dienone is 1. The maximum atomic E-state index is 12.6. The molecule has 0 fully saturated rings. The number of hydrogen-bond acceptors (Lipinski definition) is 5. The molecule has 0 atom stereocenters. The fourth-order valence-corrected chi connectivity index (χ4v) is 2.47. The van der Waals surface area contributed by atoms with Gasteiger partial charge in [-0.1, -0.05) is 12.2 Å². The number of carbonyl (C=O) groups is 3. The van der Waals surface area contributed by atoms with E-state index in [1.807, 2.05) is 0 Å². The zero-order chi connectivity index (χ0) is 18.6. The third-order valence-electron chi connectivity index (χ3n) is 3.55. The third kappa shape index (κ3) is 5.51. The molecule has 0 bridgehead atoms. The molecule has 0 spiro atoms. The van der Waals surface area contributed by atoms with E-state index in [0.717, 1.165) is 12.8 Å². The summed E-state index contributed by atoms with van der Waals surface area (Å²) in [6, 6.07) is 0. The summed E-state index contributed by atoms with van der Waals surface area (Å²) < 4.78 is 10.2. The Morgan fingerprint density at radius 2 is 1.54 bits per heavy atom. The number of unbranched alkanes of at least 4 members (excludes halogenated alkanes) is 2. The summed E-state index contributed by atoms with van der Waals surface area (Å²) in [4.78, 5) is 38.7. The molecule has 0 aliphatic rings. The van der Waals surface area contributed by atoms with Crippen LogP contribution >= 0.6 is 0 Å². The van der Waals surface area contributed by atoms with Crippen LogP contribution in [0.5, 0.6) is 0 Å². The molecule has 0 aliphatic heterocycles. The molecule has 24 heavy (non-hydrogen) atoms. The molecule has 136 valence electrons. The summed E-state index contributed by atoms with van der Waals surface area (Å²) in [5.41, 5.74) is -1.83. The standard InChI is InChI=1S/C18H29NO5/c1-6-10-11-12-14-19(15(5)20)18(13-7-2,16(21)23-8-3)17(22)24-9-4/h6-7H,1-2,8-14H2,3-5H3. The molecule has 0 rings (SSSR count). The maximum Gasteiger partial charge on any atom is 0.344 e. The van der Waals surface area contributed by atoms with Crippen LogP contribution in [0.15, 0.2) is 25.3 Å². The zero-order valence-electron chi connectivity index (χ0n) is 15.0. The lowest BCUT2D eigenvalue weighted by molar-refractivity contribution is -0.179. The highest BCUT2D eigenvalue weighted by atomic mass is 16.6. The second-order valence-electron chi connectivity index (χ2n) is 5.25. The van der Waals surface area contributed by atoms with Crippen LogP contribution < -0.4 is 0 Å². The SMILES string of the molecule is C=CCCCCN(C(C)=O)C(CC=C)(C(=O)OCC)C(=O)OCC. The van der Waals surface area contributed by atoms with Crippen molar-refractivity contribution in [3.8, 4) is 0 Å². The Morgan fingerprint density at radius 3 is 1.92 bits per heavy atom. The first-order valence-corrected chi connectivity index (χ1v) is 8.26. The lowest BCUT2D eigenvalue weighted by Crippen LogP contribution is -2.63. The minimum atomic E-state index is -1.83. The number of carbonyl (C=O) groups excluding carboxylic acids is 3. The first kappa shape index (κ1) is 21.9. The number of nitrogens with zero attached hydrogens (tertiary/aromatic N) is 1. The summed E-state index contributed by atoms with van der Waals surface area (Å²) in [7, 11) is 0. The molecular formula is C18H29NO5. The van der Waals surface area contributed by atoms with E-state index >= 15 is 0 Å². The summed E-state index contributed by atoms with van der Waals surface area (Å²) in [5.74, 6) is -1.97. The first-order valence-electron chi connectivity index (χ1n) is 8.26. The molecule has 1 amide bonds. The van der Waals surface area contributed by atoms with Crippen molar-refractivity contribution in [1.82, 2.24) is 4.90 Å². The molecule has 0 saturated heterocycles. The van der Waals surface area contributed by atoms with Crippen LogP contribution in [0, 0.1) is 0 Å². The normalized spacial score (nSPS) is 10.6. The second kappa shape index (κ2) is 11.4. The van der Waals surface area contributed by atoms with Crippen LogP contribution in [-0.2, 0) is 23.9 Å². The van der Waals surface area contributed by atoms with E-state index in [1.54, 1.807) is 19.9 Å². The van der Waals surface area contributed by atoms with E-state index in [9.17, 15) is 14.4 Å². The predicted octanol–water partition coefficient (Wildman–Crippen LogP) is 2.63. The Balaban J connectivity index is 5.80. The lowest BCUT2D eigenvalue weighted by atomic mass is 9.91. The first-order chi connectivity index (χ1) is 11.4. The number of hydrogen-bond donors (Lipinski definition) is 0. The van der Waals surface area contributed by atoms with E-state index in [0.29, 0.717) is 6.42 Å². The van der Waals surface area contributed by atoms with Gasteiger partial charge < -0.3 is 14.4 Å². The summed E-state index contributed by atoms with van der Waals surface area (Å²) in [6.45, 7) is 12.3. The Labute approximate surface area is 144 Å². The smallest absolute Gasteiger partial charge is 0.344 e. The van der Waals surface area contributed by atoms with Crippen molar-refractivity contribution < 1.29 is 23.9 Å². The average molecular weight is 339 g/mol.